The smallest absolute Gasteiger partial charge is 0.325 e. The second-order valence-corrected chi connectivity index (χ2v) is 6.98. The molecule has 2 aromatic rings. The Morgan fingerprint density at radius 2 is 1.77 bits per heavy atom. The maximum atomic E-state index is 12.5. The summed E-state index contributed by atoms with van der Waals surface area (Å²) in [7, 11) is 0. The molecule has 0 spiro atoms. The van der Waals surface area contributed by atoms with Crippen LogP contribution in [0.4, 0.5) is 15.3 Å². The molecule has 2 heterocycles. The van der Waals surface area contributed by atoms with Crippen LogP contribution in [0.25, 0.3) is 0 Å². The molecule has 1 saturated heterocycles. The second kappa shape index (κ2) is 8.74. The zero-order chi connectivity index (χ0) is 21.8. The SMILES string of the molecule is O=C(CN1C(=O)N[C@H](Cc2ccccc2)C1=O)NC(=O)Nc1ccc2c(c1)OCCO2. The van der Waals surface area contributed by atoms with E-state index in [4.69, 9.17) is 9.47 Å². The second-order valence-electron chi connectivity index (χ2n) is 6.98. The Bertz CT molecular complexity index is 1030. The number of amides is 6. The van der Waals surface area contributed by atoms with Crippen molar-refractivity contribution < 1.29 is 28.7 Å². The number of anilines is 1. The van der Waals surface area contributed by atoms with Crippen LogP contribution < -0.4 is 25.4 Å². The van der Waals surface area contributed by atoms with Crippen LogP contribution in [0.2, 0.25) is 0 Å². The molecule has 1 atom stereocenters. The molecule has 1 fully saturated rings. The molecule has 3 N–H and O–H groups in total. The standard InChI is InChI=1S/C21H20N4O6/c26-18(24-20(28)22-14-6-7-16-17(11-14)31-9-8-30-16)12-25-19(27)15(23-21(25)29)10-13-4-2-1-3-5-13/h1-7,11,15H,8-10,12H2,(H,23,29)(H2,22,24,26,28)/t15-/m1/s1. The van der Waals surface area contributed by atoms with Crippen LogP contribution in [0.1, 0.15) is 5.56 Å². The van der Waals surface area contributed by atoms with Gasteiger partial charge in [0.2, 0.25) is 5.91 Å². The van der Waals surface area contributed by atoms with Gasteiger partial charge in [0.05, 0.1) is 0 Å². The molecule has 2 aromatic carbocycles. The maximum absolute atomic E-state index is 12.5. The van der Waals surface area contributed by atoms with Crippen molar-refractivity contribution in [1.82, 2.24) is 15.5 Å². The fraction of sp³-hybridized carbons (Fsp3) is 0.238. The fourth-order valence-corrected chi connectivity index (χ4v) is 3.31. The average molecular weight is 424 g/mol. The molecule has 0 aliphatic carbocycles. The van der Waals surface area contributed by atoms with Crippen molar-refractivity contribution in [3.05, 3.63) is 54.1 Å². The molecule has 31 heavy (non-hydrogen) atoms. The lowest BCUT2D eigenvalue weighted by Crippen LogP contribution is -2.44. The minimum absolute atomic E-state index is 0.314. The number of carbonyl (C=O) groups is 4. The summed E-state index contributed by atoms with van der Waals surface area (Å²) in [5.74, 6) is -0.258. The number of ether oxygens (including phenoxy) is 2. The third-order valence-electron chi connectivity index (χ3n) is 4.74. The monoisotopic (exact) mass is 424 g/mol. The molecule has 4 rings (SSSR count). The quantitative estimate of drug-likeness (QED) is 0.621. The normalized spacial score (nSPS) is 17.2. The molecular weight excluding hydrogens is 404 g/mol. The highest BCUT2D eigenvalue weighted by atomic mass is 16.6. The first-order valence-electron chi connectivity index (χ1n) is 9.66. The highest BCUT2D eigenvalue weighted by Gasteiger charge is 2.39. The van der Waals surface area contributed by atoms with E-state index in [9.17, 15) is 19.2 Å². The number of benzene rings is 2. The summed E-state index contributed by atoms with van der Waals surface area (Å²) in [6.07, 6.45) is 0.314. The summed E-state index contributed by atoms with van der Waals surface area (Å²) < 4.78 is 10.8. The lowest BCUT2D eigenvalue weighted by Gasteiger charge is -2.19. The molecule has 0 unspecified atom stereocenters. The molecule has 10 heteroatoms. The van der Waals surface area contributed by atoms with Gasteiger partial charge in [-0.15, -0.1) is 0 Å². The highest BCUT2D eigenvalue weighted by molar-refractivity contribution is 6.09. The number of hydrogen-bond donors (Lipinski definition) is 3. The summed E-state index contributed by atoms with van der Waals surface area (Å²) in [4.78, 5) is 49.7. The Hall–Kier alpha value is -4.08. The lowest BCUT2D eigenvalue weighted by atomic mass is 10.1. The van der Waals surface area contributed by atoms with E-state index < -0.39 is 36.5 Å². The van der Waals surface area contributed by atoms with Crippen LogP contribution >= 0.6 is 0 Å². The first-order chi connectivity index (χ1) is 15.0. The number of carbonyl (C=O) groups excluding carboxylic acids is 4. The van der Waals surface area contributed by atoms with Gasteiger partial charge in [0.15, 0.2) is 11.5 Å². The zero-order valence-electron chi connectivity index (χ0n) is 16.4. The van der Waals surface area contributed by atoms with E-state index in [0.29, 0.717) is 36.8 Å². The Balaban J connectivity index is 1.30. The Labute approximate surface area is 177 Å². The van der Waals surface area contributed by atoms with Crippen molar-refractivity contribution in [3.8, 4) is 11.5 Å². The number of urea groups is 2. The first-order valence-corrected chi connectivity index (χ1v) is 9.66. The largest absolute Gasteiger partial charge is 0.486 e. The number of hydrogen-bond acceptors (Lipinski definition) is 6. The molecule has 2 aliphatic heterocycles. The maximum Gasteiger partial charge on any atom is 0.325 e. The summed E-state index contributed by atoms with van der Waals surface area (Å²) in [6, 6.07) is 11.8. The third-order valence-corrected chi connectivity index (χ3v) is 4.74. The van der Waals surface area contributed by atoms with Gasteiger partial charge in [-0.25, -0.2) is 9.59 Å². The van der Waals surface area contributed by atoms with Gasteiger partial charge in [-0.2, -0.15) is 0 Å². The van der Waals surface area contributed by atoms with Crippen LogP contribution in [0, 0.1) is 0 Å². The van der Waals surface area contributed by atoms with E-state index in [1.807, 2.05) is 30.3 Å². The summed E-state index contributed by atoms with van der Waals surface area (Å²) in [6.45, 7) is 0.284. The first kappa shape index (κ1) is 20.2. The van der Waals surface area contributed by atoms with Gasteiger partial charge in [-0.3, -0.25) is 19.8 Å². The summed E-state index contributed by atoms with van der Waals surface area (Å²) in [5.41, 5.74) is 1.28. The number of fused-ring (bicyclic) bond motifs is 1. The van der Waals surface area contributed by atoms with Gasteiger partial charge >= 0.3 is 12.1 Å². The van der Waals surface area contributed by atoms with Crippen LogP contribution in [-0.4, -0.2) is 54.6 Å². The highest BCUT2D eigenvalue weighted by Crippen LogP contribution is 2.32. The molecular formula is C21H20N4O6. The number of nitrogens with one attached hydrogen (secondary N) is 3. The Morgan fingerprint density at radius 3 is 2.55 bits per heavy atom. The number of imide groups is 2. The molecule has 0 saturated carbocycles. The molecule has 160 valence electrons. The van der Waals surface area contributed by atoms with E-state index in [1.165, 1.54) is 0 Å². The Kier molecular flexibility index (Phi) is 5.69. The Morgan fingerprint density at radius 1 is 1.03 bits per heavy atom. The van der Waals surface area contributed by atoms with E-state index in [0.717, 1.165) is 10.5 Å². The topological polar surface area (TPSA) is 126 Å². The van der Waals surface area contributed by atoms with Gasteiger partial charge in [0.25, 0.3) is 5.91 Å². The van der Waals surface area contributed by atoms with Gasteiger partial charge in [-0.1, -0.05) is 30.3 Å². The number of nitrogens with zero attached hydrogens (tertiary/aromatic N) is 1. The van der Waals surface area contributed by atoms with E-state index >= 15 is 0 Å². The zero-order valence-corrected chi connectivity index (χ0v) is 16.4. The third kappa shape index (κ3) is 4.74. The molecule has 0 bridgehead atoms. The summed E-state index contributed by atoms with van der Waals surface area (Å²) in [5, 5.41) is 7.17. The molecule has 0 aromatic heterocycles. The van der Waals surface area contributed by atoms with Gasteiger partial charge < -0.3 is 20.1 Å². The van der Waals surface area contributed by atoms with Crippen LogP contribution in [-0.2, 0) is 16.0 Å². The predicted octanol–water partition coefficient (Wildman–Crippen LogP) is 1.27. The molecule has 2 aliphatic rings. The minimum Gasteiger partial charge on any atom is -0.486 e. The van der Waals surface area contributed by atoms with Crippen molar-refractivity contribution in [2.24, 2.45) is 0 Å². The summed E-state index contributed by atoms with van der Waals surface area (Å²) >= 11 is 0. The fourth-order valence-electron chi connectivity index (χ4n) is 3.31. The van der Waals surface area contributed by atoms with Crippen molar-refractivity contribution in [1.29, 1.82) is 0 Å². The van der Waals surface area contributed by atoms with E-state index in [2.05, 4.69) is 16.0 Å². The van der Waals surface area contributed by atoms with Crippen molar-refractivity contribution in [3.63, 3.8) is 0 Å². The van der Waals surface area contributed by atoms with Crippen molar-refractivity contribution in [2.75, 3.05) is 25.1 Å². The molecule has 10 nitrogen and oxygen atoms in total. The number of rotatable bonds is 5. The van der Waals surface area contributed by atoms with Crippen LogP contribution in [0.5, 0.6) is 11.5 Å². The van der Waals surface area contributed by atoms with Crippen molar-refractivity contribution in [2.45, 2.75) is 12.5 Å². The van der Waals surface area contributed by atoms with Crippen LogP contribution in [0.15, 0.2) is 48.5 Å². The average Bonchev–Trinajstić information content (AvgIpc) is 3.01. The van der Waals surface area contributed by atoms with Gasteiger partial charge in [0, 0.05) is 18.2 Å². The molecule has 6 amide bonds. The van der Waals surface area contributed by atoms with Gasteiger partial charge in [0.1, 0.15) is 25.8 Å². The minimum atomic E-state index is -0.797. The molecule has 0 radical (unpaired) electrons. The van der Waals surface area contributed by atoms with Crippen LogP contribution in [0.3, 0.4) is 0 Å². The lowest BCUT2D eigenvalue weighted by molar-refractivity contribution is -0.131. The van der Waals surface area contributed by atoms with E-state index in [-0.39, 0.29) is 0 Å². The van der Waals surface area contributed by atoms with Crippen molar-refractivity contribution >= 4 is 29.6 Å². The van der Waals surface area contributed by atoms with Gasteiger partial charge in [-0.05, 0) is 17.7 Å². The van der Waals surface area contributed by atoms with E-state index in [1.54, 1.807) is 18.2 Å². The predicted molar refractivity (Wildman–Crippen MR) is 109 cm³/mol.